The van der Waals surface area contributed by atoms with Gasteiger partial charge in [-0.25, -0.2) is 0 Å². The highest BCUT2D eigenvalue weighted by molar-refractivity contribution is 6.38. The Morgan fingerprint density at radius 2 is 1.46 bits per heavy atom. The number of hydrogen-bond acceptors (Lipinski definition) is 5. The van der Waals surface area contributed by atoms with Crippen LogP contribution in [0.15, 0.2) is 60.7 Å². The standard InChI is InChI=1S/C28H37N3O4/c1-5-12-24(31-28(2,3)4)25(33)27(35)30-19-22(32)17-23(21-15-10-7-11-16-21)26(34)29-18-20-13-8-6-9-14-20/h6-11,13-16,23-24,31H,5,12,17-19H2,1-4H3,(H,29,34)(H,30,35). The van der Waals surface area contributed by atoms with Crippen LogP contribution in [0.25, 0.3) is 0 Å². The Kier molecular flexibility index (Phi) is 10.8. The number of nitrogens with one attached hydrogen (secondary N) is 3. The highest BCUT2D eigenvalue weighted by atomic mass is 16.2. The number of Topliss-reactive ketones (excluding diaryl/α,β-unsaturated/α-hetero) is 2. The van der Waals surface area contributed by atoms with Gasteiger partial charge >= 0.3 is 0 Å². The second-order valence-corrected chi connectivity index (χ2v) is 9.69. The Morgan fingerprint density at radius 1 is 0.857 bits per heavy atom. The molecular weight excluding hydrogens is 442 g/mol. The van der Waals surface area contributed by atoms with E-state index in [0.717, 1.165) is 12.0 Å². The van der Waals surface area contributed by atoms with Crippen LogP contribution in [0.5, 0.6) is 0 Å². The summed E-state index contributed by atoms with van der Waals surface area (Å²) in [6.07, 6.45) is 1.18. The number of carbonyl (C=O) groups is 4. The van der Waals surface area contributed by atoms with Crippen molar-refractivity contribution in [2.45, 2.75) is 71.0 Å². The van der Waals surface area contributed by atoms with Gasteiger partial charge in [-0.05, 0) is 38.3 Å². The Balaban J connectivity index is 1.99. The van der Waals surface area contributed by atoms with Crippen LogP contribution in [0.4, 0.5) is 0 Å². The van der Waals surface area contributed by atoms with Gasteiger partial charge in [0.25, 0.3) is 5.91 Å². The van der Waals surface area contributed by atoms with Crippen LogP contribution >= 0.6 is 0 Å². The van der Waals surface area contributed by atoms with Crippen LogP contribution in [0, 0.1) is 0 Å². The maximum absolute atomic E-state index is 13.0. The Hall–Kier alpha value is -3.32. The minimum Gasteiger partial charge on any atom is -0.351 e. The van der Waals surface area contributed by atoms with Crippen molar-refractivity contribution in [2.24, 2.45) is 0 Å². The molecule has 2 aromatic carbocycles. The molecule has 0 aliphatic carbocycles. The fourth-order valence-corrected chi connectivity index (χ4v) is 3.76. The zero-order valence-corrected chi connectivity index (χ0v) is 21.1. The van der Waals surface area contributed by atoms with Crippen molar-refractivity contribution in [1.82, 2.24) is 16.0 Å². The van der Waals surface area contributed by atoms with Gasteiger partial charge in [-0.3, -0.25) is 19.2 Å². The van der Waals surface area contributed by atoms with Crippen molar-refractivity contribution >= 4 is 23.4 Å². The van der Waals surface area contributed by atoms with Crippen LogP contribution < -0.4 is 16.0 Å². The lowest BCUT2D eigenvalue weighted by atomic mass is 9.92. The zero-order valence-electron chi connectivity index (χ0n) is 21.1. The summed E-state index contributed by atoms with van der Waals surface area (Å²) in [5.41, 5.74) is 1.34. The minimum absolute atomic E-state index is 0.0856. The number of rotatable bonds is 13. The lowest BCUT2D eigenvalue weighted by Gasteiger charge is -2.27. The molecule has 0 aliphatic heterocycles. The third-order valence-corrected chi connectivity index (χ3v) is 5.43. The summed E-state index contributed by atoms with van der Waals surface area (Å²) in [5, 5.41) is 8.52. The van der Waals surface area contributed by atoms with E-state index in [4.69, 9.17) is 0 Å². The third kappa shape index (κ3) is 9.83. The molecule has 2 amide bonds. The highest BCUT2D eigenvalue weighted by Crippen LogP contribution is 2.20. The minimum atomic E-state index is -0.793. The first-order chi connectivity index (χ1) is 16.6. The molecule has 35 heavy (non-hydrogen) atoms. The number of carbonyl (C=O) groups excluding carboxylic acids is 4. The van der Waals surface area contributed by atoms with E-state index >= 15 is 0 Å². The molecule has 2 atom stereocenters. The molecule has 0 aliphatic rings. The number of benzene rings is 2. The third-order valence-electron chi connectivity index (χ3n) is 5.43. The molecule has 7 nitrogen and oxygen atoms in total. The van der Waals surface area contributed by atoms with Gasteiger partial charge in [0.1, 0.15) is 0 Å². The Morgan fingerprint density at radius 3 is 2.03 bits per heavy atom. The normalized spacial score (nSPS) is 12.9. The Bertz CT molecular complexity index is 984. The van der Waals surface area contributed by atoms with E-state index in [9.17, 15) is 19.2 Å². The molecule has 0 saturated carbocycles. The van der Waals surface area contributed by atoms with Crippen molar-refractivity contribution in [2.75, 3.05) is 6.54 Å². The van der Waals surface area contributed by atoms with E-state index in [1.807, 2.05) is 76.2 Å². The fraction of sp³-hybridized carbons (Fsp3) is 0.429. The summed E-state index contributed by atoms with van der Waals surface area (Å²) in [5.74, 6) is -2.68. The Labute approximate surface area is 208 Å². The molecule has 2 unspecified atom stereocenters. The van der Waals surface area contributed by atoms with Crippen LogP contribution in [0.2, 0.25) is 0 Å². The average molecular weight is 480 g/mol. The SMILES string of the molecule is CCCC(NC(C)(C)C)C(=O)C(=O)NCC(=O)CC(C(=O)NCc1ccccc1)c1ccccc1. The first-order valence-electron chi connectivity index (χ1n) is 12.1. The van der Waals surface area contributed by atoms with Crippen molar-refractivity contribution in [3.05, 3.63) is 71.8 Å². The molecule has 0 bridgehead atoms. The molecule has 0 spiro atoms. The first kappa shape index (κ1) is 27.9. The molecule has 7 heteroatoms. The smallest absolute Gasteiger partial charge is 0.289 e. The highest BCUT2D eigenvalue weighted by Gasteiger charge is 2.29. The van der Waals surface area contributed by atoms with Gasteiger partial charge < -0.3 is 16.0 Å². The summed E-state index contributed by atoms with van der Waals surface area (Å²) in [4.78, 5) is 50.8. The predicted octanol–water partition coefficient (Wildman–Crippen LogP) is 3.29. The van der Waals surface area contributed by atoms with E-state index < -0.39 is 23.7 Å². The van der Waals surface area contributed by atoms with E-state index in [1.165, 1.54) is 0 Å². The van der Waals surface area contributed by atoms with Crippen LogP contribution in [0.1, 0.15) is 64.0 Å². The molecule has 2 rings (SSSR count). The van der Waals surface area contributed by atoms with Gasteiger partial charge in [-0.15, -0.1) is 0 Å². The van der Waals surface area contributed by atoms with E-state index in [1.54, 1.807) is 12.1 Å². The number of ketones is 2. The molecule has 2 aromatic rings. The lowest BCUT2D eigenvalue weighted by Crippen LogP contribution is -2.52. The molecule has 0 heterocycles. The average Bonchev–Trinajstić information content (AvgIpc) is 2.84. The summed E-state index contributed by atoms with van der Waals surface area (Å²) in [7, 11) is 0. The van der Waals surface area contributed by atoms with Gasteiger partial charge in [0.2, 0.25) is 11.7 Å². The molecule has 0 aromatic heterocycles. The molecule has 0 saturated heterocycles. The second kappa shape index (κ2) is 13.5. The maximum Gasteiger partial charge on any atom is 0.289 e. The van der Waals surface area contributed by atoms with Crippen LogP contribution in [-0.2, 0) is 25.7 Å². The largest absolute Gasteiger partial charge is 0.351 e. The summed E-state index contributed by atoms with van der Waals surface area (Å²) in [6, 6.07) is 18.0. The number of hydrogen-bond donors (Lipinski definition) is 3. The second-order valence-electron chi connectivity index (χ2n) is 9.69. The van der Waals surface area contributed by atoms with Gasteiger partial charge in [-0.2, -0.15) is 0 Å². The van der Waals surface area contributed by atoms with Crippen molar-refractivity contribution in [1.29, 1.82) is 0 Å². The van der Waals surface area contributed by atoms with Gasteiger partial charge in [-0.1, -0.05) is 74.0 Å². The van der Waals surface area contributed by atoms with Crippen molar-refractivity contribution in [3.63, 3.8) is 0 Å². The van der Waals surface area contributed by atoms with Gasteiger partial charge in [0, 0.05) is 18.5 Å². The summed E-state index contributed by atoms with van der Waals surface area (Å²) < 4.78 is 0. The topological polar surface area (TPSA) is 104 Å². The molecule has 3 N–H and O–H groups in total. The van der Waals surface area contributed by atoms with E-state index in [-0.39, 0.29) is 30.2 Å². The van der Waals surface area contributed by atoms with E-state index in [2.05, 4.69) is 16.0 Å². The van der Waals surface area contributed by atoms with Gasteiger partial charge in [0.15, 0.2) is 5.78 Å². The van der Waals surface area contributed by atoms with Crippen LogP contribution in [0.3, 0.4) is 0 Å². The molecule has 0 radical (unpaired) electrons. The fourth-order valence-electron chi connectivity index (χ4n) is 3.76. The monoisotopic (exact) mass is 479 g/mol. The van der Waals surface area contributed by atoms with Crippen molar-refractivity contribution < 1.29 is 19.2 Å². The quantitative estimate of drug-likeness (QED) is 0.383. The number of amides is 2. The molecule has 188 valence electrons. The van der Waals surface area contributed by atoms with Crippen LogP contribution in [-0.4, -0.2) is 41.5 Å². The maximum atomic E-state index is 13.0. The van der Waals surface area contributed by atoms with E-state index in [0.29, 0.717) is 18.5 Å². The van der Waals surface area contributed by atoms with Gasteiger partial charge in [0.05, 0.1) is 18.5 Å². The summed E-state index contributed by atoms with van der Waals surface area (Å²) in [6.45, 7) is 7.76. The first-order valence-corrected chi connectivity index (χ1v) is 12.1. The predicted molar refractivity (Wildman–Crippen MR) is 137 cm³/mol. The zero-order chi connectivity index (χ0) is 25.8. The molecular formula is C28H37N3O4. The lowest BCUT2D eigenvalue weighted by molar-refractivity contribution is -0.140. The molecule has 0 fully saturated rings. The van der Waals surface area contributed by atoms with Crippen molar-refractivity contribution in [3.8, 4) is 0 Å². The summed E-state index contributed by atoms with van der Waals surface area (Å²) >= 11 is 0.